The molecule has 1 rings (SSSR count). The van der Waals surface area contributed by atoms with Gasteiger partial charge in [-0.1, -0.05) is 31.0 Å². The highest BCUT2D eigenvalue weighted by Crippen LogP contribution is 2.26. The number of hydrogen-bond acceptors (Lipinski definition) is 1. The highest BCUT2D eigenvalue weighted by Gasteiger charge is 2.06. The topological polar surface area (TPSA) is 26.0 Å². The van der Waals surface area contributed by atoms with Crippen molar-refractivity contribution in [3.05, 3.63) is 33.3 Å². The summed E-state index contributed by atoms with van der Waals surface area (Å²) in [7, 11) is 0. The van der Waals surface area contributed by atoms with E-state index < -0.39 is 0 Å². The smallest absolute Gasteiger partial charge is 0.0548 e. The van der Waals surface area contributed by atoms with E-state index >= 15 is 0 Å². The zero-order valence-electron chi connectivity index (χ0n) is 7.97. The number of hydrogen-bond donors (Lipinski definition) is 1. The van der Waals surface area contributed by atoms with Gasteiger partial charge in [0.05, 0.1) is 5.02 Å². The second-order valence-electron chi connectivity index (χ2n) is 3.07. The van der Waals surface area contributed by atoms with Crippen molar-refractivity contribution >= 4 is 39.9 Å². The minimum atomic E-state index is 0. The molecule has 80 valence electrons. The number of halogens is 3. The monoisotopic (exact) mass is 297 g/mol. The molecule has 0 spiro atoms. The van der Waals surface area contributed by atoms with E-state index in [-0.39, 0.29) is 18.4 Å². The summed E-state index contributed by atoms with van der Waals surface area (Å²) in [5.74, 6) is 0. The summed E-state index contributed by atoms with van der Waals surface area (Å²) in [6.45, 7) is 2.13. The minimum Gasteiger partial charge on any atom is -0.324 e. The quantitative estimate of drug-likeness (QED) is 0.883. The van der Waals surface area contributed by atoms with Crippen LogP contribution in [-0.4, -0.2) is 0 Å². The molecule has 0 aliphatic carbocycles. The largest absolute Gasteiger partial charge is 0.324 e. The van der Waals surface area contributed by atoms with Crippen LogP contribution in [0.4, 0.5) is 0 Å². The zero-order chi connectivity index (χ0) is 9.84. The van der Waals surface area contributed by atoms with Gasteiger partial charge < -0.3 is 5.73 Å². The number of benzene rings is 1. The van der Waals surface area contributed by atoms with Crippen LogP contribution >= 0.6 is 39.9 Å². The second-order valence-corrected chi connectivity index (χ2v) is 4.33. The molecule has 0 saturated heterocycles. The third-order valence-corrected chi connectivity index (χ3v) is 3.19. The summed E-state index contributed by atoms with van der Waals surface area (Å²) in [6.07, 6.45) is 2.11. The van der Waals surface area contributed by atoms with Crippen LogP contribution in [0.15, 0.2) is 22.7 Å². The van der Waals surface area contributed by atoms with Crippen LogP contribution in [0.25, 0.3) is 0 Å². The fourth-order valence-electron chi connectivity index (χ4n) is 1.22. The minimum absolute atomic E-state index is 0. The molecule has 1 aromatic rings. The molecule has 0 bridgehead atoms. The second kappa shape index (κ2) is 6.67. The molecule has 0 radical (unpaired) electrons. The van der Waals surface area contributed by atoms with Crippen molar-refractivity contribution in [2.75, 3.05) is 0 Å². The molecule has 1 atom stereocenters. The van der Waals surface area contributed by atoms with Gasteiger partial charge in [0, 0.05) is 10.5 Å². The molecule has 4 heteroatoms. The van der Waals surface area contributed by atoms with Crippen molar-refractivity contribution in [1.29, 1.82) is 0 Å². The first-order valence-corrected chi connectivity index (χ1v) is 5.52. The van der Waals surface area contributed by atoms with E-state index in [4.69, 9.17) is 17.3 Å². The Hall–Kier alpha value is 0.240. The molecule has 0 heterocycles. The molecule has 1 nitrogen and oxygen atoms in total. The average molecular weight is 299 g/mol. The van der Waals surface area contributed by atoms with E-state index in [0.717, 1.165) is 27.9 Å². The third-order valence-electron chi connectivity index (χ3n) is 1.97. The first kappa shape index (κ1) is 14.2. The van der Waals surface area contributed by atoms with E-state index in [2.05, 4.69) is 22.9 Å². The van der Waals surface area contributed by atoms with Crippen molar-refractivity contribution in [2.24, 2.45) is 5.73 Å². The summed E-state index contributed by atoms with van der Waals surface area (Å²) >= 11 is 9.25. The van der Waals surface area contributed by atoms with Crippen molar-refractivity contribution in [1.82, 2.24) is 0 Å². The normalized spacial score (nSPS) is 12.0. The fraction of sp³-hybridized carbons (Fsp3) is 0.400. The van der Waals surface area contributed by atoms with Crippen molar-refractivity contribution in [3.8, 4) is 0 Å². The molecule has 0 aliphatic rings. The van der Waals surface area contributed by atoms with Crippen LogP contribution in [0.5, 0.6) is 0 Å². The molecule has 0 aliphatic heterocycles. The Labute approximate surface area is 105 Å². The predicted molar refractivity (Wildman–Crippen MR) is 68.2 cm³/mol. The highest BCUT2D eigenvalue weighted by molar-refractivity contribution is 9.10. The Morgan fingerprint density at radius 3 is 2.64 bits per heavy atom. The van der Waals surface area contributed by atoms with Gasteiger partial charge in [0.15, 0.2) is 0 Å². The van der Waals surface area contributed by atoms with E-state index in [9.17, 15) is 0 Å². The van der Waals surface area contributed by atoms with Crippen molar-refractivity contribution < 1.29 is 0 Å². The Bertz CT molecular complexity index is 291. The Balaban J connectivity index is 0.00000169. The lowest BCUT2D eigenvalue weighted by atomic mass is 10.0. The van der Waals surface area contributed by atoms with E-state index in [1.807, 2.05) is 18.2 Å². The van der Waals surface area contributed by atoms with Crippen LogP contribution in [0.3, 0.4) is 0 Å². The lowest BCUT2D eigenvalue weighted by Gasteiger charge is -2.11. The van der Waals surface area contributed by atoms with Gasteiger partial charge >= 0.3 is 0 Å². The van der Waals surface area contributed by atoms with Crippen molar-refractivity contribution in [2.45, 2.75) is 25.8 Å². The summed E-state index contributed by atoms with van der Waals surface area (Å²) in [5, 5.41) is 0.729. The van der Waals surface area contributed by atoms with Crippen LogP contribution in [0.1, 0.15) is 31.4 Å². The van der Waals surface area contributed by atoms with E-state index in [1.54, 1.807) is 0 Å². The standard InChI is InChI=1S/C10H13BrClN.ClH/c1-2-3-10(13)7-4-5-9(12)8(11)6-7;/h4-6,10H,2-3,13H2,1H3;1H/t10-;/m0./s1. The SMILES string of the molecule is CCC[C@H](N)c1ccc(Cl)c(Br)c1.Cl. The van der Waals surface area contributed by atoms with Gasteiger partial charge in [-0.25, -0.2) is 0 Å². The average Bonchev–Trinajstić information content (AvgIpc) is 2.10. The maximum atomic E-state index is 5.96. The van der Waals surface area contributed by atoms with Gasteiger partial charge in [-0.3, -0.25) is 0 Å². The molecule has 0 saturated carbocycles. The number of nitrogens with two attached hydrogens (primary N) is 1. The molecule has 0 aromatic heterocycles. The molecule has 14 heavy (non-hydrogen) atoms. The maximum Gasteiger partial charge on any atom is 0.0548 e. The van der Waals surface area contributed by atoms with Crippen LogP contribution in [0.2, 0.25) is 5.02 Å². The Kier molecular flexibility index (Phi) is 6.79. The van der Waals surface area contributed by atoms with Gasteiger partial charge in [-0.15, -0.1) is 12.4 Å². The fourth-order valence-corrected chi connectivity index (χ4v) is 1.73. The molecule has 0 amide bonds. The molecule has 0 unspecified atom stereocenters. The van der Waals surface area contributed by atoms with Crippen molar-refractivity contribution in [3.63, 3.8) is 0 Å². The summed E-state index contributed by atoms with van der Waals surface area (Å²) in [5.41, 5.74) is 7.10. The molecule has 0 fully saturated rings. The third kappa shape index (κ3) is 3.77. The lowest BCUT2D eigenvalue weighted by Crippen LogP contribution is -2.09. The van der Waals surface area contributed by atoms with Gasteiger partial charge in [0.2, 0.25) is 0 Å². The van der Waals surface area contributed by atoms with Gasteiger partial charge in [-0.2, -0.15) is 0 Å². The lowest BCUT2D eigenvalue weighted by molar-refractivity contribution is 0.638. The van der Waals surface area contributed by atoms with Gasteiger partial charge in [0.25, 0.3) is 0 Å². The van der Waals surface area contributed by atoms with Gasteiger partial charge in [0.1, 0.15) is 0 Å². The first-order chi connectivity index (χ1) is 6.15. The zero-order valence-corrected chi connectivity index (χ0v) is 11.1. The predicted octanol–water partition coefficient (Wildman–Crippen LogP) is 4.32. The molecular formula is C10H14BrCl2N. The van der Waals surface area contributed by atoms with Crippen LogP contribution in [-0.2, 0) is 0 Å². The highest BCUT2D eigenvalue weighted by atomic mass is 79.9. The van der Waals surface area contributed by atoms with Gasteiger partial charge in [-0.05, 0) is 40.0 Å². The summed E-state index contributed by atoms with van der Waals surface area (Å²) in [6, 6.07) is 5.96. The van der Waals surface area contributed by atoms with E-state index in [0.29, 0.717) is 0 Å². The Morgan fingerprint density at radius 2 is 2.14 bits per heavy atom. The Morgan fingerprint density at radius 1 is 1.50 bits per heavy atom. The molecule has 1 aromatic carbocycles. The first-order valence-electron chi connectivity index (χ1n) is 4.35. The summed E-state index contributed by atoms with van der Waals surface area (Å²) in [4.78, 5) is 0. The number of rotatable bonds is 3. The van der Waals surface area contributed by atoms with Crippen LogP contribution in [0, 0.1) is 0 Å². The summed E-state index contributed by atoms with van der Waals surface area (Å²) < 4.78 is 0.915. The molecular weight excluding hydrogens is 285 g/mol. The molecule has 2 N–H and O–H groups in total. The maximum absolute atomic E-state index is 5.96. The van der Waals surface area contributed by atoms with E-state index in [1.165, 1.54) is 0 Å². The van der Waals surface area contributed by atoms with Crippen LogP contribution < -0.4 is 5.73 Å².